The number of nitrogens with one attached hydrogen (secondary N) is 1. The monoisotopic (exact) mass is 341 g/mol. The summed E-state index contributed by atoms with van der Waals surface area (Å²) in [7, 11) is 0. The molecular formula is C21H43NO2. The molecule has 0 aliphatic heterocycles. The van der Waals surface area contributed by atoms with Gasteiger partial charge >= 0.3 is 0 Å². The molecule has 3 nitrogen and oxygen atoms in total. The summed E-state index contributed by atoms with van der Waals surface area (Å²) < 4.78 is 0. The van der Waals surface area contributed by atoms with Gasteiger partial charge in [-0.15, -0.1) is 0 Å². The maximum Gasteiger partial charge on any atom is 0.129 e. The zero-order valence-corrected chi connectivity index (χ0v) is 17.6. The highest BCUT2D eigenvalue weighted by Crippen LogP contribution is 1.99. The first kappa shape index (κ1) is 33.9. The van der Waals surface area contributed by atoms with Crippen molar-refractivity contribution in [3.05, 3.63) is 36.6 Å². The van der Waals surface area contributed by atoms with Gasteiger partial charge in [0.2, 0.25) is 0 Å². The van der Waals surface area contributed by atoms with E-state index in [4.69, 9.17) is 4.79 Å². The zero-order valence-electron chi connectivity index (χ0n) is 17.6. The summed E-state index contributed by atoms with van der Waals surface area (Å²) in [5, 5.41) is 3.37. The summed E-state index contributed by atoms with van der Waals surface area (Å²) in [6.07, 6.45) is 12.2. The van der Waals surface area contributed by atoms with E-state index in [1.807, 2.05) is 53.6 Å². The molecule has 0 aliphatic rings. The minimum atomic E-state index is 0.255. The maximum absolute atomic E-state index is 9.81. The Labute approximate surface area is 152 Å². The third kappa shape index (κ3) is 50.0. The molecule has 0 radical (unpaired) electrons. The molecule has 3 heteroatoms. The summed E-state index contributed by atoms with van der Waals surface area (Å²) in [6, 6.07) is 0. The van der Waals surface area contributed by atoms with Crippen LogP contribution in [0.3, 0.4) is 0 Å². The topological polar surface area (TPSA) is 46.2 Å². The maximum atomic E-state index is 9.81. The van der Waals surface area contributed by atoms with Crippen LogP contribution in [0.4, 0.5) is 0 Å². The third-order valence-electron chi connectivity index (χ3n) is 2.16. The lowest BCUT2D eigenvalue weighted by Gasteiger charge is -2.06. The number of carbonyl (C=O) groups excluding carboxylic acids is 2. The quantitative estimate of drug-likeness (QED) is 0.418. The first-order valence-corrected chi connectivity index (χ1v) is 9.10. The minimum absolute atomic E-state index is 0.255. The van der Waals surface area contributed by atoms with Crippen LogP contribution >= 0.6 is 0 Å². The summed E-state index contributed by atoms with van der Waals surface area (Å²) in [4.78, 5) is 17.8. The molecule has 0 saturated heterocycles. The molecule has 0 unspecified atom stereocenters. The van der Waals surface area contributed by atoms with Gasteiger partial charge in [0.05, 0.1) is 0 Å². The predicted octanol–water partition coefficient (Wildman–Crippen LogP) is 6.27. The molecule has 0 saturated carbocycles. The van der Waals surface area contributed by atoms with Crippen LogP contribution in [0, 0.1) is 0 Å². The Kier molecular flexibility index (Phi) is 60.6. The Morgan fingerprint density at radius 3 is 1.75 bits per heavy atom. The van der Waals surface area contributed by atoms with Crippen LogP contribution in [0.5, 0.6) is 0 Å². The lowest BCUT2D eigenvalue weighted by molar-refractivity contribution is -0.116. The van der Waals surface area contributed by atoms with Crippen LogP contribution in [0.1, 0.15) is 81.1 Å². The molecular weight excluding hydrogens is 298 g/mol. The number of rotatable bonds is 8. The number of carbonyl (C=O) groups is 2. The van der Waals surface area contributed by atoms with Crippen LogP contribution in [0.2, 0.25) is 0 Å². The molecule has 0 spiro atoms. The van der Waals surface area contributed by atoms with Gasteiger partial charge in [-0.25, -0.2) is 0 Å². The molecule has 24 heavy (non-hydrogen) atoms. The first-order chi connectivity index (χ1) is 11.6. The lowest BCUT2D eigenvalue weighted by Crippen LogP contribution is -2.13. The van der Waals surface area contributed by atoms with Crippen LogP contribution in [-0.4, -0.2) is 19.1 Å². The van der Waals surface area contributed by atoms with Gasteiger partial charge in [-0.05, 0) is 25.8 Å². The highest BCUT2D eigenvalue weighted by Gasteiger charge is 1.90. The van der Waals surface area contributed by atoms with Gasteiger partial charge in [0, 0.05) is 25.1 Å². The van der Waals surface area contributed by atoms with E-state index in [0.29, 0.717) is 6.42 Å². The largest absolute Gasteiger partial charge is 0.388 e. The Morgan fingerprint density at radius 2 is 1.46 bits per heavy atom. The average molecular weight is 342 g/mol. The molecule has 0 aromatic heterocycles. The molecule has 1 N–H and O–H groups in total. The SMILES string of the molecule is C=C/C=C(\C/C=C\CC)NCCC.C=O.CC.CC.CCC(C)=O. The molecule has 0 fully saturated rings. The highest BCUT2D eigenvalue weighted by molar-refractivity contribution is 5.74. The van der Waals surface area contributed by atoms with E-state index in [9.17, 15) is 4.79 Å². The van der Waals surface area contributed by atoms with Crippen LogP contribution in [0.15, 0.2) is 36.6 Å². The van der Waals surface area contributed by atoms with E-state index in [1.54, 1.807) is 6.92 Å². The lowest BCUT2D eigenvalue weighted by atomic mass is 10.2. The fraction of sp³-hybridized carbons (Fsp3) is 0.619. The Bertz CT molecular complexity index is 282. The molecule has 0 bridgehead atoms. The van der Waals surface area contributed by atoms with E-state index in [1.165, 1.54) is 5.70 Å². The van der Waals surface area contributed by atoms with Crippen molar-refractivity contribution in [2.45, 2.75) is 81.1 Å². The highest BCUT2D eigenvalue weighted by atomic mass is 16.1. The molecule has 0 rings (SSSR count). The van der Waals surface area contributed by atoms with Crippen LogP contribution in [-0.2, 0) is 9.59 Å². The summed E-state index contributed by atoms with van der Waals surface area (Å²) >= 11 is 0. The normalized spacial score (nSPS) is 8.75. The first-order valence-electron chi connectivity index (χ1n) is 9.10. The fourth-order valence-corrected chi connectivity index (χ4v) is 1.00. The van der Waals surface area contributed by atoms with Crippen molar-refractivity contribution in [3.63, 3.8) is 0 Å². The standard InChI is InChI=1S/C12H21N.C4H8O.2C2H6.CH2O/c1-4-7-8-10-12(9-5-2)13-11-6-3;1-3-4(2)5;3*1-2/h5,7-9,13H,2,4,6,10-11H2,1,3H3;3H2,1-2H3;2*1-2H3;1H2/b8-7-,12-9+;;;;. The van der Waals surface area contributed by atoms with Gasteiger partial charge in [-0.1, -0.05) is 73.3 Å². The van der Waals surface area contributed by atoms with E-state index in [-0.39, 0.29) is 5.78 Å². The van der Waals surface area contributed by atoms with Gasteiger partial charge in [0.15, 0.2) is 0 Å². The third-order valence-corrected chi connectivity index (χ3v) is 2.16. The molecule has 0 aromatic carbocycles. The van der Waals surface area contributed by atoms with Crippen molar-refractivity contribution in [2.75, 3.05) is 6.54 Å². The molecule has 0 amide bonds. The average Bonchev–Trinajstić information content (AvgIpc) is 2.65. The van der Waals surface area contributed by atoms with Gasteiger partial charge in [-0.2, -0.15) is 0 Å². The number of hydrogen-bond donors (Lipinski definition) is 1. The number of Topliss-reactive ketones (excluding diaryl/α,β-unsaturated/α-hetero) is 1. The fourth-order valence-electron chi connectivity index (χ4n) is 1.00. The number of allylic oxidation sites excluding steroid dienone is 4. The van der Waals surface area contributed by atoms with E-state index >= 15 is 0 Å². The molecule has 0 heterocycles. The van der Waals surface area contributed by atoms with E-state index in [2.05, 4.69) is 37.9 Å². The summed E-state index contributed by atoms with van der Waals surface area (Å²) in [5.74, 6) is 0.255. The van der Waals surface area contributed by atoms with Crippen LogP contribution < -0.4 is 5.32 Å². The second-order valence-corrected chi connectivity index (χ2v) is 3.99. The summed E-state index contributed by atoms with van der Waals surface area (Å²) in [6.45, 7) is 22.5. The van der Waals surface area contributed by atoms with Gasteiger partial charge in [0.25, 0.3) is 0 Å². The smallest absolute Gasteiger partial charge is 0.129 e. The second-order valence-electron chi connectivity index (χ2n) is 3.99. The molecule has 144 valence electrons. The minimum Gasteiger partial charge on any atom is -0.388 e. The summed E-state index contributed by atoms with van der Waals surface area (Å²) in [5.41, 5.74) is 1.25. The van der Waals surface area contributed by atoms with Gasteiger partial charge in [0.1, 0.15) is 12.6 Å². The Morgan fingerprint density at radius 1 is 1.00 bits per heavy atom. The number of ketones is 1. The zero-order chi connectivity index (χ0) is 20.2. The number of hydrogen-bond acceptors (Lipinski definition) is 3. The van der Waals surface area contributed by atoms with Crippen molar-refractivity contribution in [3.8, 4) is 0 Å². The molecule has 0 atom stereocenters. The van der Waals surface area contributed by atoms with Crippen molar-refractivity contribution in [1.29, 1.82) is 0 Å². The van der Waals surface area contributed by atoms with Crippen LogP contribution in [0.25, 0.3) is 0 Å². The predicted molar refractivity (Wildman–Crippen MR) is 111 cm³/mol. The molecule has 0 aromatic rings. The Hall–Kier alpha value is -1.64. The van der Waals surface area contributed by atoms with Crippen molar-refractivity contribution in [2.24, 2.45) is 0 Å². The molecule has 0 aliphatic carbocycles. The van der Waals surface area contributed by atoms with Crippen molar-refractivity contribution in [1.82, 2.24) is 5.32 Å². The Balaban J connectivity index is -0.0000000911. The van der Waals surface area contributed by atoms with E-state index < -0.39 is 0 Å². The van der Waals surface area contributed by atoms with Crippen molar-refractivity contribution >= 4 is 12.6 Å². The van der Waals surface area contributed by atoms with Crippen molar-refractivity contribution < 1.29 is 9.59 Å². The second kappa shape index (κ2) is 42.9. The van der Waals surface area contributed by atoms with E-state index in [0.717, 1.165) is 25.8 Å². The van der Waals surface area contributed by atoms with Gasteiger partial charge < -0.3 is 14.9 Å². The van der Waals surface area contributed by atoms with Gasteiger partial charge in [-0.3, -0.25) is 0 Å².